The maximum absolute atomic E-state index is 13.0. The highest BCUT2D eigenvalue weighted by atomic mass is 19.1. The van der Waals surface area contributed by atoms with Crippen LogP contribution in [-0.2, 0) is 14.3 Å². The van der Waals surface area contributed by atoms with Crippen LogP contribution in [0.15, 0.2) is 24.3 Å². The van der Waals surface area contributed by atoms with E-state index in [4.69, 9.17) is 9.47 Å². The molecule has 0 N–H and O–H groups in total. The Kier molecular flexibility index (Phi) is 8.11. The summed E-state index contributed by atoms with van der Waals surface area (Å²) < 4.78 is 23.2. The van der Waals surface area contributed by atoms with Gasteiger partial charge < -0.3 is 19.3 Å². The molecule has 0 bridgehead atoms. The zero-order chi connectivity index (χ0) is 18.1. The van der Waals surface area contributed by atoms with Crippen LogP contribution in [0.5, 0.6) is 0 Å². The minimum atomic E-state index is -0.232. The van der Waals surface area contributed by atoms with Gasteiger partial charge in [0.05, 0.1) is 19.8 Å². The minimum Gasteiger partial charge on any atom is -0.383 e. The molecule has 1 aromatic rings. The molecule has 0 aliphatic carbocycles. The lowest BCUT2D eigenvalue weighted by Gasteiger charge is -2.37. The number of carbonyl (C=O) groups is 1. The molecule has 0 aromatic heterocycles. The summed E-state index contributed by atoms with van der Waals surface area (Å²) in [5.74, 6) is -0.101. The number of halogens is 1. The molecule has 6 nitrogen and oxygen atoms in total. The molecule has 2 rings (SSSR count). The van der Waals surface area contributed by atoms with Crippen molar-refractivity contribution in [1.29, 1.82) is 0 Å². The van der Waals surface area contributed by atoms with Crippen molar-refractivity contribution in [3.63, 3.8) is 0 Å². The average molecular weight is 353 g/mol. The third kappa shape index (κ3) is 6.26. The quantitative estimate of drug-likeness (QED) is 0.665. The predicted molar refractivity (Wildman–Crippen MR) is 95.4 cm³/mol. The normalized spacial score (nSPS) is 15.0. The largest absolute Gasteiger partial charge is 0.383 e. The fourth-order valence-electron chi connectivity index (χ4n) is 2.87. The van der Waals surface area contributed by atoms with Crippen LogP contribution in [0.1, 0.15) is 0 Å². The van der Waals surface area contributed by atoms with E-state index in [1.807, 2.05) is 4.90 Å². The van der Waals surface area contributed by atoms with Gasteiger partial charge in [-0.1, -0.05) is 0 Å². The van der Waals surface area contributed by atoms with Crippen molar-refractivity contribution in [2.75, 3.05) is 78.1 Å². The minimum absolute atomic E-state index is 0.131. The predicted octanol–water partition coefficient (Wildman–Crippen LogP) is 1.07. The Bertz CT molecular complexity index is 511. The Morgan fingerprint density at radius 3 is 2.12 bits per heavy atom. The molecule has 0 radical (unpaired) electrons. The fourth-order valence-corrected chi connectivity index (χ4v) is 2.87. The Morgan fingerprint density at radius 2 is 1.60 bits per heavy atom. The van der Waals surface area contributed by atoms with Crippen molar-refractivity contribution in [1.82, 2.24) is 9.80 Å². The first-order valence-electron chi connectivity index (χ1n) is 8.62. The van der Waals surface area contributed by atoms with Gasteiger partial charge in [0.15, 0.2) is 0 Å². The van der Waals surface area contributed by atoms with E-state index in [1.165, 1.54) is 12.1 Å². The van der Waals surface area contributed by atoms with Crippen LogP contribution in [0, 0.1) is 5.82 Å². The van der Waals surface area contributed by atoms with Gasteiger partial charge in [0.25, 0.3) is 0 Å². The van der Waals surface area contributed by atoms with Crippen molar-refractivity contribution < 1.29 is 18.7 Å². The number of carbonyl (C=O) groups excluding carboxylic acids is 1. The van der Waals surface area contributed by atoms with Crippen molar-refractivity contribution in [2.45, 2.75) is 0 Å². The summed E-state index contributed by atoms with van der Waals surface area (Å²) in [7, 11) is 3.32. The molecule has 1 saturated heterocycles. The van der Waals surface area contributed by atoms with E-state index in [9.17, 15) is 9.18 Å². The van der Waals surface area contributed by atoms with Gasteiger partial charge in [0, 0.05) is 59.2 Å². The second-order valence-electron chi connectivity index (χ2n) is 6.11. The van der Waals surface area contributed by atoms with E-state index in [2.05, 4.69) is 9.80 Å². The van der Waals surface area contributed by atoms with Gasteiger partial charge in [-0.3, -0.25) is 9.69 Å². The summed E-state index contributed by atoms with van der Waals surface area (Å²) in [5, 5.41) is 0. The highest BCUT2D eigenvalue weighted by Gasteiger charge is 2.22. The average Bonchev–Trinajstić information content (AvgIpc) is 2.64. The van der Waals surface area contributed by atoms with Crippen molar-refractivity contribution in [3.05, 3.63) is 30.1 Å². The Balaban J connectivity index is 1.81. The molecule has 0 saturated carbocycles. The van der Waals surface area contributed by atoms with Gasteiger partial charge in [0.1, 0.15) is 5.82 Å². The van der Waals surface area contributed by atoms with Crippen LogP contribution >= 0.6 is 0 Å². The van der Waals surface area contributed by atoms with E-state index >= 15 is 0 Å². The highest BCUT2D eigenvalue weighted by molar-refractivity contribution is 5.78. The zero-order valence-electron chi connectivity index (χ0n) is 15.1. The summed E-state index contributed by atoms with van der Waals surface area (Å²) in [6, 6.07) is 6.50. The maximum atomic E-state index is 13.0. The summed E-state index contributed by atoms with van der Waals surface area (Å²) in [5.41, 5.74) is 0.996. The number of ether oxygens (including phenoxy) is 2. The molecule has 0 unspecified atom stereocenters. The van der Waals surface area contributed by atoms with Crippen LogP contribution in [0.3, 0.4) is 0 Å². The highest BCUT2D eigenvalue weighted by Crippen LogP contribution is 2.17. The van der Waals surface area contributed by atoms with Crippen molar-refractivity contribution in [3.8, 4) is 0 Å². The molecule has 0 atom stereocenters. The van der Waals surface area contributed by atoms with Crippen LogP contribution in [0.25, 0.3) is 0 Å². The van der Waals surface area contributed by atoms with Gasteiger partial charge in [-0.15, -0.1) is 0 Å². The zero-order valence-corrected chi connectivity index (χ0v) is 15.1. The van der Waals surface area contributed by atoms with E-state index in [0.29, 0.717) is 45.9 Å². The van der Waals surface area contributed by atoms with E-state index in [1.54, 1.807) is 26.4 Å². The molecule has 1 fully saturated rings. The number of methoxy groups -OCH3 is 2. The molecule has 25 heavy (non-hydrogen) atoms. The van der Waals surface area contributed by atoms with E-state index in [0.717, 1.165) is 18.8 Å². The third-order valence-electron chi connectivity index (χ3n) is 4.41. The summed E-state index contributed by atoms with van der Waals surface area (Å²) in [4.78, 5) is 18.7. The molecule has 1 heterocycles. The smallest absolute Gasteiger partial charge is 0.236 e. The Morgan fingerprint density at radius 1 is 1.04 bits per heavy atom. The topological polar surface area (TPSA) is 45.3 Å². The van der Waals surface area contributed by atoms with Crippen LogP contribution in [0.2, 0.25) is 0 Å². The lowest BCUT2D eigenvalue weighted by Crippen LogP contribution is -2.51. The van der Waals surface area contributed by atoms with Gasteiger partial charge in [-0.05, 0) is 24.3 Å². The number of rotatable bonds is 9. The SMILES string of the molecule is COCCN(CCOC)CC(=O)N1CCN(c2ccc(F)cc2)CC1. The number of nitrogens with zero attached hydrogens (tertiary/aromatic N) is 3. The lowest BCUT2D eigenvalue weighted by molar-refractivity contribution is -0.133. The number of anilines is 1. The summed E-state index contributed by atoms with van der Waals surface area (Å²) in [6.45, 7) is 5.86. The first-order chi connectivity index (χ1) is 12.1. The number of piperazine rings is 1. The monoisotopic (exact) mass is 353 g/mol. The second-order valence-corrected chi connectivity index (χ2v) is 6.11. The Hall–Kier alpha value is -1.70. The number of amides is 1. The summed E-state index contributed by atoms with van der Waals surface area (Å²) >= 11 is 0. The van der Waals surface area contributed by atoms with E-state index < -0.39 is 0 Å². The van der Waals surface area contributed by atoms with Crippen LogP contribution in [-0.4, -0.2) is 89.0 Å². The van der Waals surface area contributed by atoms with Gasteiger partial charge in [-0.2, -0.15) is 0 Å². The van der Waals surface area contributed by atoms with Gasteiger partial charge >= 0.3 is 0 Å². The molecule has 1 aliphatic rings. The molecule has 0 spiro atoms. The van der Waals surface area contributed by atoms with Crippen LogP contribution in [0.4, 0.5) is 10.1 Å². The Labute approximate surface area is 149 Å². The molecule has 1 amide bonds. The molecular formula is C18H28FN3O3. The first-order valence-corrected chi connectivity index (χ1v) is 8.62. The van der Waals surface area contributed by atoms with E-state index in [-0.39, 0.29) is 11.7 Å². The molecule has 140 valence electrons. The van der Waals surface area contributed by atoms with Crippen LogP contribution < -0.4 is 4.90 Å². The third-order valence-corrected chi connectivity index (χ3v) is 4.41. The molecule has 1 aromatic carbocycles. The molecular weight excluding hydrogens is 325 g/mol. The number of benzene rings is 1. The standard InChI is InChI=1S/C18H28FN3O3/c1-24-13-11-20(12-14-25-2)15-18(23)22-9-7-21(8-10-22)17-5-3-16(19)4-6-17/h3-6H,7-15H2,1-2H3. The second kappa shape index (κ2) is 10.3. The number of hydrogen-bond donors (Lipinski definition) is 0. The molecule has 1 aliphatic heterocycles. The molecule has 7 heteroatoms. The van der Waals surface area contributed by atoms with Gasteiger partial charge in [-0.25, -0.2) is 4.39 Å². The fraction of sp³-hybridized carbons (Fsp3) is 0.611. The maximum Gasteiger partial charge on any atom is 0.236 e. The lowest BCUT2D eigenvalue weighted by atomic mass is 10.2. The summed E-state index contributed by atoms with van der Waals surface area (Å²) in [6.07, 6.45) is 0. The van der Waals surface area contributed by atoms with Gasteiger partial charge in [0.2, 0.25) is 5.91 Å². The number of hydrogen-bond acceptors (Lipinski definition) is 5. The van der Waals surface area contributed by atoms with Crippen molar-refractivity contribution in [2.24, 2.45) is 0 Å². The van der Waals surface area contributed by atoms with Crippen molar-refractivity contribution >= 4 is 11.6 Å². The first kappa shape index (κ1) is 19.6.